The SMILES string of the molecule is CC[C@]1(CO)C[C@H]2CC[C@@H]1N2C(=O)c1ccccc1N1CCOCC1. The van der Waals surface area contributed by atoms with Crippen molar-refractivity contribution in [2.24, 2.45) is 5.41 Å². The fraction of sp³-hybridized carbons (Fsp3) is 0.650. The molecule has 3 fully saturated rings. The molecule has 5 nitrogen and oxygen atoms in total. The Hall–Kier alpha value is -1.59. The Morgan fingerprint density at radius 1 is 1.28 bits per heavy atom. The highest BCUT2D eigenvalue weighted by Crippen LogP contribution is 2.52. The summed E-state index contributed by atoms with van der Waals surface area (Å²) in [6, 6.07) is 8.42. The average molecular weight is 344 g/mol. The highest BCUT2D eigenvalue weighted by atomic mass is 16.5. The number of ether oxygens (including phenoxy) is 1. The van der Waals surface area contributed by atoms with Gasteiger partial charge in [-0.25, -0.2) is 0 Å². The first kappa shape index (κ1) is 16.9. The Kier molecular flexibility index (Phi) is 4.46. The van der Waals surface area contributed by atoms with Gasteiger partial charge in [0.1, 0.15) is 0 Å². The fourth-order valence-electron chi connectivity index (χ4n) is 5.13. The number of nitrogens with zero attached hydrogens (tertiary/aromatic N) is 2. The minimum absolute atomic E-state index is 0.105. The first-order valence-electron chi connectivity index (χ1n) is 9.55. The summed E-state index contributed by atoms with van der Waals surface area (Å²) >= 11 is 0. The predicted octanol–water partition coefficient (Wildman–Crippen LogP) is 2.29. The van der Waals surface area contributed by atoms with Crippen LogP contribution in [0, 0.1) is 5.41 Å². The fourth-order valence-corrected chi connectivity index (χ4v) is 5.13. The summed E-state index contributed by atoms with van der Waals surface area (Å²) in [7, 11) is 0. The third-order valence-corrected chi connectivity index (χ3v) is 6.59. The van der Waals surface area contributed by atoms with Crippen molar-refractivity contribution in [2.75, 3.05) is 37.8 Å². The molecule has 2 bridgehead atoms. The Morgan fingerprint density at radius 3 is 2.72 bits per heavy atom. The summed E-state index contributed by atoms with van der Waals surface area (Å²) in [5.74, 6) is 0.137. The number of rotatable bonds is 4. The molecule has 1 amide bonds. The summed E-state index contributed by atoms with van der Waals surface area (Å²) in [6.45, 7) is 5.39. The van der Waals surface area contributed by atoms with Crippen LogP contribution in [0.25, 0.3) is 0 Å². The molecule has 4 rings (SSSR count). The Bertz CT molecular complexity index is 638. The molecule has 5 heteroatoms. The smallest absolute Gasteiger partial charge is 0.256 e. The number of para-hydroxylation sites is 1. The van der Waals surface area contributed by atoms with Gasteiger partial charge in [-0.1, -0.05) is 19.1 Å². The van der Waals surface area contributed by atoms with Crippen LogP contribution >= 0.6 is 0 Å². The van der Waals surface area contributed by atoms with E-state index in [0.717, 1.165) is 50.0 Å². The van der Waals surface area contributed by atoms with Crippen LogP contribution in [0.1, 0.15) is 43.0 Å². The van der Waals surface area contributed by atoms with E-state index < -0.39 is 0 Å². The normalized spacial score (nSPS) is 31.6. The second kappa shape index (κ2) is 6.61. The molecule has 3 saturated heterocycles. The van der Waals surface area contributed by atoms with Crippen molar-refractivity contribution in [3.8, 4) is 0 Å². The summed E-state index contributed by atoms with van der Waals surface area (Å²) in [5, 5.41) is 10.0. The Morgan fingerprint density at radius 2 is 2.04 bits per heavy atom. The number of hydrogen-bond donors (Lipinski definition) is 1. The van der Waals surface area contributed by atoms with Crippen molar-refractivity contribution in [3.63, 3.8) is 0 Å². The third-order valence-electron chi connectivity index (χ3n) is 6.59. The van der Waals surface area contributed by atoms with Crippen molar-refractivity contribution in [3.05, 3.63) is 29.8 Å². The zero-order valence-electron chi connectivity index (χ0n) is 15.0. The van der Waals surface area contributed by atoms with Crippen LogP contribution in [0.15, 0.2) is 24.3 Å². The average Bonchev–Trinajstić information content (AvgIpc) is 3.24. The van der Waals surface area contributed by atoms with Gasteiger partial charge in [-0.05, 0) is 37.8 Å². The molecule has 3 aliphatic heterocycles. The van der Waals surface area contributed by atoms with Crippen LogP contribution in [0.3, 0.4) is 0 Å². The number of carbonyl (C=O) groups is 1. The lowest BCUT2D eigenvalue weighted by molar-refractivity contribution is 0.0557. The monoisotopic (exact) mass is 344 g/mol. The maximum atomic E-state index is 13.5. The second-order valence-electron chi connectivity index (χ2n) is 7.65. The van der Waals surface area contributed by atoms with Gasteiger partial charge in [0.25, 0.3) is 5.91 Å². The highest BCUT2D eigenvalue weighted by molar-refractivity contribution is 6.00. The van der Waals surface area contributed by atoms with Gasteiger partial charge in [0.2, 0.25) is 0 Å². The molecular formula is C20H28N2O3. The molecule has 0 aromatic heterocycles. The van der Waals surface area contributed by atoms with Gasteiger partial charge in [-0.15, -0.1) is 0 Å². The number of aliphatic hydroxyl groups excluding tert-OH is 1. The molecule has 25 heavy (non-hydrogen) atoms. The van der Waals surface area contributed by atoms with Crippen molar-refractivity contribution in [1.29, 1.82) is 0 Å². The lowest BCUT2D eigenvalue weighted by Crippen LogP contribution is -2.43. The number of amides is 1. The van der Waals surface area contributed by atoms with Crippen LogP contribution in [0.4, 0.5) is 5.69 Å². The van der Waals surface area contributed by atoms with E-state index in [-0.39, 0.29) is 30.0 Å². The summed E-state index contributed by atoms with van der Waals surface area (Å²) in [4.78, 5) is 17.8. The number of fused-ring (bicyclic) bond motifs is 2. The van der Waals surface area contributed by atoms with Gasteiger partial charge < -0.3 is 19.6 Å². The van der Waals surface area contributed by atoms with E-state index in [9.17, 15) is 9.90 Å². The lowest BCUT2D eigenvalue weighted by Gasteiger charge is -2.35. The largest absolute Gasteiger partial charge is 0.396 e. The lowest BCUT2D eigenvalue weighted by atomic mass is 9.72. The number of carbonyl (C=O) groups excluding carboxylic acids is 1. The zero-order valence-corrected chi connectivity index (χ0v) is 15.0. The predicted molar refractivity (Wildman–Crippen MR) is 96.9 cm³/mol. The summed E-state index contributed by atoms with van der Waals surface area (Å²) < 4.78 is 5.46. The van der Waals surface area contributed by atoms with Gasteiger partial charge in [0.05, 0.1) is 25.4 Å². The molecule has 3 atom stereocenters. The number of aliphatic hydroxyl groups is 1. The number of anilines is 1. The van der Waals surface area contributed by atoms with Gasteiger partial charge >= 0.3 is 0 Å². The van der Waals surface area contributed by atoms with Crippen LogP contribution in [0.2, 0.25) is 0 Å². The van der Waals surface area contributed by atoms with Crippen LogP contribution < -0.4 is 4.90 Å². The van der Waals surface area contributed by atoms with Crippen molar-refractivity contribution in [1.82, 2.24) is 4.90 Å². The number of benzene rings is 1. The molecule has 3 heterocycles. The van der Waals surface area contributed by atoms with E-state index in [0.29, 0.717) is 13.2 Å². The first-order valence-corrected chi connectivity index (χ1v) is 9.55. The number of hydrogen-bond acceptors (Lipinski definition) is 4. The Labute approximate surface area is 149 Å². The molecule has 3 aliphatic rings. The summed E-state index contributed by atoms with van der Waals surface area (Å²) in [6.07, 6.45) is 3.96. The molecule has 1 aromatic rings. The minimum atomic E-state index is -0.105. The first-order chi connectivity index (χ1) is 12.2. The Balaban J connectivity index is 1.64. The van der Waals surface area contributed by atoms with Crippen molar-refractivity contribution < 1.29 is 14.6 Å². The van der Waals surface area contributed by atoms with Crippen molar-refractivity contribution >= 4 is 11.6 Å². The van der Waals surface area contributed by atoms with E-state index in [4.69, 9.17) is 4.74 Å². The molecule has 136 valence electrons. The molecule has 1 N–H and O–H groups in total. The zero-order chi connectivity index (χ0) is 17.4. The van der Waals surface area contributed by atoms with E-state index in [1.165, 1.54) is 0 Å². The van der Waals surface area contributed by atoms with Crippen molar-refractivity contribution in [2.45, 2.75) is 44.7 Å². The quantitative estimate of drug-likeness (QED) is 0.911. The van der Waals surface area contributed by atoms with Gasteiger partial charge in [-0.2, -0.15) is 0 Å². The summed E-state index contributed by atoms with van der Waals surface area (Å²) in [5.41, 5.74) is 1.71. The van der Waals surface area contributed by atoms with E-state index in [1.54, 1.807) is 0 Å². The van der Waals surface area contributed by atoms with Gasteiger partial charge in [0.15, 0.2) is 0 Å². The topological polar surface area (TPSA) is 53.0 Å². The molecule has 1 aromatic carbocycles. The van der Waals surface area contributed by atoms with E-state index in [2.05, 4.69) is 22.8 Å². The molecule has 0 spiro atoms. The van der Waals surface area contributed by atoms with Gasteiger partial charge in [-0.3, -0.25) is 4.79 Å². The second-order valence-corrected chi connectivity index (χ2v) is 7.65. The minimum Gasteiger partial charge on any atom is -0.396 e. The molecule has 0 aliphatic carbocycles. The number of morpholine rings is 1. The molecule has 0 saturated carbocycles. The maximum absolute atomic E-state index is 13.5. The molecular weight excluding hydrogens is 316 g/mol. The highest BCUT2D eigenvalue weighted by Gasteiger charge is 2.56. The van der Waals surface area contributed by atoms with Gasteiger partial charge in [0, 0.05) is 36.3 Å². The van der Waals surface area contributed by atoms with E-state index >= 15 is 0 Å². The van der Waals surface area contributed by atoms with Crippen LogP contribution in [-0.4, -0.2) is 60.9 Å². The van der Waals surface area contributed by atoms with Crippen LogP contribution in [-0.2, 0) is 4.74 Å². The molecule has 0 unspecified atom stereocenters. The molecule has 0 radical (unpaired) electrons. The maximum Gasteiger partial charge on any atom is 0.256 e. The third kappa shape index (κ3) is 2.64. The van der Waals surface area contributed by atoms with Crippen LogP contribution in [0.5, 0.6) is 0 Å². The van der Waals surface area contributed by atoms with E-state index in [1.807, 2.05) is 18.2 Å². The standard InChI is InChI=1S/C20H28N2O3/c1-2-20(14-23)13-15-7-8-18(20)22(15)19(24)16-5-3-4-6-17(16)21-9-11-25-12-10-21/h3-6,15,18,23H,2,7-14H2,1H3/t15-,18+,20-/m1/s1.